The standard InChI is InChI=1S/C35H45N3O5S/c1-3-5-6-7-8-9-10-11-12-13-17-23-41-25-43-38-29-22-18-21-27-31(29)30(42-4-2)24-28(32(27)39)33(40)35-37-36-34(44-35)26-19-15-14-16-20-26/h14-16,18-22,24,38-39H,3-13,17,23,25H2,1-2H3. The van der Waals surface area contributed by atoms with Gasteiger partial charge in [-0.2, -0.15) is 0 Å². The fraction of sp³-hybridized carbons (Fsp3) is 0.457. The number of ether oxygens (including phenoxy) is 2. The summed E-state index contributed by atoms with van der Waals surface area (Å²) in [6.07, 6.45) is 14.2. The fourth-order valence-electron chi connectivity index (χ4n) is 5.16. The van der Waals surface area contributed by atoms with Crippen molar-refractivity contribution in [2.45, 2.75) is 84.5 Å². The summed E-state index contributed by atoms with van der Waals surface area (Å²) in [6, 6.07) is 16.5. The average molecular weight is 620 g/mol. The summed E-state index contributed by atoms with van der Waals surface area (Å²) in [6.45, 7) is 5.23. The summed E-state index contributed by atoms with van der Waals surface area (Å²) in [5.41, 5.74) is 4.51. The molecule has 0 saturated carbocycles. The summed E-state index contributed by atoms with van der Waals surface area (Å²) in [4.78, 5) is 19.1. The molecule has 44 heavy (non-hydrogen) atoms. The molecule has 1 heterocycles. The van der Waals surface area contributed by atoms with Gasteiger partial charge in [-0.3, -0.25) is 10.3 Å². The Balaban J connectivity index is 1.29. The number of hydrogen-bond donors (Lipinski definition) is 2. The van der Waals surface area contributed by atoms with Crippen molar-refractivity contribution in [3.63, 3.8) is 0 Å². The van der Waals surface area contributed by atoms with Crippen LogP contribution >= 0.6 is 11.3 Å². The maximum atomic E-state index is 13.5. The van der Waals surface area contributed by atoms with Crippen LogP contribution in [0.3, 0.4) is 0 Å². The first-order valence-corrected chi connectivity index (χ1v) is 16.8. The van der Waals surface area contributed by atoms with Crippen molar-refractivity contribution in [3.05, 3.63) is 65.2 Å². The fourth-order valence-corrected chi connectivity index (χ4v) is 5.97. The molecular weight excluding hydrogens is 574 g/mol. The van der Waals surface area contributed by atoms with E-state index in [0.717, 1.165) is 18.4 Å². The minimum absolute atomic E-state index is 0.0848. The number of aromatic nitrogens is 2. The molecule has 0 amide bonds. The first kappa shape index (κ1) is 33.4. The molecule has 2 N–H and O–H groups in total. The molecule has 0 atom stereocenters. The monoisotopic (exact) mass is 619 g/mol. The number of benzene rings is 3. The topological polar surface area (TPSA) is 103 Å². The number of hydrogen-bond acceptors (Lipinski definition) is 9. The second-order valence-electron chi connectivity index (χ2n) is 10.8. The summed E-state index contributed by atoms with van der Waals surface area (Å²) in [7, 11) is 0. The van der Waals surface area contributed by atoms with Gasteiger partial charge in [0.05, 0.1) is 23.2 Å². The lowest BCUT2D eigenvalue weighted by molar-refractivity contribution is -0.0324. The number of rotatable bonds is 21. The van der Waals surface area contributed by atoms with E-state index in [1.165, 1.54) is 69.1 Å². The Morgan fingerprint density at radius 3 is 2.27 bits per heavy atom. The molecule has 4 aromatic rings. The third-order valence-corrected chi connectivity index (χ3v) is 8.47. The Kier molecular flexibility index (Phi) is 13.9. The number of nitrogens with zero attached hydrogens (tertiary/aromatic N) is 2. The number of aromatic hydroxyl groups is 1. The van der Waals surface area contributed by atoms with Crippen LogP contribution < -0.4 is 10.2 Å². The van der Waals surface area contributed by atoms with E-state index in [-0.39, 0.29) is 23.1 Å². The van der Waals surface area contributed by atoms with Crippen LogP contribution in [0.5, 0.6) is 11.5 Å². The molecule has 8 nitrogen and oxygen atoms in total. The minimum Gasteiger partial charge on any atom is -0.507 e. The van der Waals surface area contributed by atoms with Gasteiger partial charge in [-0.25, -0.2) is 4.84 Å². The molecule has 1 aromatic heterocycles. The van der Waals surface area contributed by atoms with Gasteiger partial charge in [0.1, 0.15) is 16.5 Å². The number of anilines is 1. The van der Waals surface area contributed by atoms with Crippen molar-refractivity contribution in [2.24, 2.45) is 0 Å². The molecule has 0 spiro atoms. The van der Waals surface area contributed by atoms with Crippen molar-refractivity contribution in [2.75, 3.05) is 25.5 Å². The normalized spacial score (nSPS) is 11.2. The molecule has 0 radical (unpaired) electrons. The van der Waals surface area contributed by atoms with Crippen LogP contribution in [0.15, 0.2) is 54.6 Å². The van der Waals surface area contributed by atoms with Crippen LogP contribution in [0.2, 0.25) is 0 Å². The Morgan fingerprint density at radius 2 is 1.57 bits per heavy atom. The molecular formula is C35H45N3O5S. The quantitative estimate of drug-likeness (QED) is 0.0412. The van der Waals surface area contributed by atoms with Gasteiger partial charge in [0.25, 0.3) is 0 Å². The molecule has 236 valence electrons. The number of unbranched alkanes of at least 4 members (excludes halogenated alkanes) is 10. The number of nitrogens with one attached hydrogen (secondary N) is 1. The van der Waals surface area contributed by atoms with E-state index in [0.29, 0.717) is 40.4 Å². The average Bonchev–Trinajstić information content (AvgIpc) is 3.55. The van der Waals surface area contributed by atoms with Gasteiger partial charge in [0.2, 0.25) is 5.78 Å². The van der Waals surface area contributed by atoms with Gasteiger partial charge in [0.15, 0.2) is 11.8 Å². The third kappa shape index (κ3) is 9.48. The Bertz CT molecular complexity index is 1440. The summed E-state index contributed by atoms with van der Waals surface area (Å²) in [5.74, 6) is -0.123. The van der Waals surface area contributed by atoms with Gasteiger partial charge in [0, 0.05) is 17.6 Å². The second-order valence-corrected chi connectivity index (χ2v) is 11.8. The number of carbonyl (C=O) groups excluding carboxylic acids is 1. The van der Waals surface area contributed by atoms with E-state index in [2.05, 4.69) is 22.6 Å². The lowest BCUT2D eigenvalue weighted by atomic mass is 10.0. The molecule has 0 aliphatic heterocycles. The van der Waals surface area contributed by atoms with E-state index in [1.54, 1.807) is 18.2 Å². The lowest BCUT2D eigenvalue weighted by Crippen LogP contribution is -2.08. The first-order valence-electron chi connectivity index (χ1n) is 15.9. The highest BCUT2D eigenvalue weighted by atomic mass is 32.1. The SMILES string of the molecule is CCCCCCCCCCCCCOCONc1cccc2c(O)c(C(=O)c3nnc(-c4ccccc4)s3)cc(OCC)c12. The van der Waals surface area contributed by atoms with Crippen LogP contribution in [0.1, 0.15) is 99.8 Å². The minimum atomic E-state index is -0.421. The van der Waals surface area contributed by atoms with Crippen LogP contribution in [-0.2, 0) is 9.57 Å². The van der Waals surface area contributed by atoms with Crippen molar-refractivity contribution in [1.29, 1.82) is 0 Å². The summed E-state index contributed by atoms with van der Waals surface area (Å²) >= 11 is 1.18. The molecule has 0 aliphatic carbocycles. The molecule has 9 heteroatoms. The van der Waals surface area contributed by atoms with E-state index in [4.69, 9.17) is 14.3 Å². The Labute approximate surface area is 264 Å². The van der Waals surface area contributed by atoms with Gasteiger partial charge < -0.3 is 14.6 Å². The van der Waals surface area contributed by atoms with E-state index in [1.807, 2.05) is 43.3 Å². The van der Waals surface area contributed by atoms with E-state index in [9.17, 15) is 9.90 Å². The summed E-state index contributed by atoms with van der Waals surface area (Å²) < 4.78 is 11.6. The highest BCUT2D eigenvalue weighted by Gasteiger charge is 2.24. The molecule has 0 fully saturated rings. The first-order chi connectivity index (χ1) is 21.6. The van der Waals surface area contributed by atoms with Gasteiger partial charge >= 0.3 is 0 Å². The Morgan fingerprint density at radius 1 is 0.864 bits per heavy atom. The van der Waals surface area contributed by atoms with E-state index < -0.39 is 5.78 Å². The van der Waals surface area contributed by atoms with Gasteiger partial charge in [-0.1, -0.05) is 125 Å². The zero-order valence-electron chi connectivity index (χ0n) is 26.0. The maximum absolute atomic E-state index is 13.5. The number of phenols is 1. The van der Waals surface area contributed by atoms with Gasteiger partial charge in [-0.15, -0.1) is 10.2 Å². The number of carbonyl (C=O) groups is 1. The predicted octanol–water partition coefficient (Wildman–Crippen LogP) is 9.32. The predicted molar refractivity (Wildman–Crippen MR) is 178 cm³/mol. The zero-order valence-corrected chi connectivity index (χ0v) is 26.8. The number of fused-ring (bicyclic) bond motifs is 1. The van der Waals surface area contributed by atoms with Crippen molar-refractivity contribution in [3.8, 4) is 22.1 Å². The number of phenolic OH excluding ortho intramolecular Hbond substituents is 1. The molecule has 4 rings (SSSR count). The molecule has 0 aliphatic rings. The third-order valence-electron chi connectivity index (χ3n) is 7.50. The Hall–Kier alpha value is -3.53. The van der Waals surface area contributed by atoms with Crippen LogP contribution in [0.4, 0.5) is 5.69 Å². The van der Waals surface area contributed by atoms with Crippen LogP contribution in [0, 0.1) is 0 Å². The molecule has 3 aromatic carbocycles. The van der Waals surface area contributed by atoms with Crippen molar-refractivity contribution < 1.29 is 24.2 Å². The number of ketones is 1. The molecule has 0 unspecified atom stereocenters. The van der Waals surface area contributed by atoms with Crippen molar-refractivity contribution >= 4 is 33.6 Å². The zero-order chi connectivity index (χ0) is 31.0. The molecule has 0 saturated heterocycles. The highest BCUT2D eigenvalue weighted by molar-refractivity contribution is 7.16. The lowest BCUT2D eigenvalue weighted by Gasteiger charge is -2.16. The van der Waals surface area contributed by atoms with Gasteiger partial charge in [-0.05, 0) is 25.5 Å². The smallest absolute Gasteiger partial charge is 0.227 e. The summed E-state index contributed by atoms with van der Waals surface area (Å²) in [5, 5.41) is 21.4. The van der Waals surface area contributed by atoms with Crippen LogP contribution in [-0.4, -0.2) is 41.1 Å². The maximum Gasteiger partial charge on any atom is 0.227 e. The largest absolute Gasteiger partial charge is 0.507 e. The molecule has 0 bridgehead atoms. The highest BCUT2D eigenvalue weighted by Crippen LogP contribution is 2.41. The van der Waals surface area contributed by atoms with E-state index >= 15 is 0 Å². The van der Waals surface area contributed by atoms with Crippen LogP contribution in [0.25, 0.3) is 21.3 Å². The second kappa shape index (κ2) is 18.3. The van der Waals surface area contributed by atoms with Crippen molar-refractivity contribution in [1.82, 2.24) is 10.2 Å².